The van der Waals surface area contributed by atoms with Crippen molar-refractivity contribution < 1.29 is 4.79 Å². The Balaban J connectivity index is 1.50. The van der Waals surface area contributed by atoms with Gasteiger partial charge in [0.25, 0.3) is 0 Å². The Hall–Kier alpha value is -1.35. The quantitative estimate of drug-likeness (QED) is 0.872. The summed E-state index contributed by atoms with van der Waals surface area (Å²) in [6.45, 7) is 1.32. The van der Waals surface area contributed by atoms with Crippen LogP contribution in [0.4, 0.5) is 0 Å². The number of amides is 1. The number of hydrogen-bond acceptors (Lipinski definition) is 2. The SMILES string of the molecule is CN(CC(=O)NCC1(c2ccccc2)CCC1)C1CCCCC1. The van der Waals surface area contributed by atoms with Crippen LogP contribution in [0, 0.1) is 0 Å². The number of hydrogen-bond donors (Lipinski definition) is 1. The molecule has 3 heteroatoms. The van der Waals surface area contributed by atoms with Crippen molar-refractivity contribution in [3.63, 3.8) is 0 Å². The fourth-order valence-electron chi connectivity index (χ4n) is 4.16. The molecule has 0 heterocycles. The second-order valence-corrected chi connectivity index (χ2v) is 7.48. The molecule has 2 fully saturated rings. The molecule has 2 aliphatic carbocycles. The minimum atomic E-state index is 0.181. The number of likely N-dealkylation sites (N-methyl/N-ethyl adjacent to an activating group) is 1. The van der Waals surface area contributed by atoms with E-state index in [1.165, 1.54) is 56.9 Å². The highest BCUT2D eigenvalue weighted by atomic mass is 16.2. The lowest BCUT2D eigenvalue weighted by atomic mass is 9.64. The first-order valence-corrected chi connectivity index (χ1v) is 9.22. The highest BCUT2D eigenvalue weighted by Crippen LogP contribution is 2.43. The zero-order valence-corrected chi connectivity index (χ0v) is 14.4. The van der Waals surface area contributed by atoms with Crippen molar-refractivity contribution in [2.75, 3.05) is 20.1 Å². The average Bonchev–Trinajstić information content (AvgIpc) is 2.55. The van der Waals surface area contributed by atoms with Crippen LogP contribution < -0.4 is 5.32 Å². The van der Waals surface area contributed by atoms with Crippen LogP contribution in [0.5, 0.6) is 0 Å². The fourth-order valence-corrected chi connectivity index (χ4v) is 4.16. The molecule has 0 saturated heterocycles. The van der Waals surface area contributed by atoms with Crippen molar-refractivity contribution >= 4 is 5.91 Å². The number of nitrogens with zero attached hydrogens (tertiary/aromatic N) is 1. The van der Waals surface area contributed by atoms with Gasteiger partial charge in [0.1, 0.15) is 0 Å². The third-order valence-electron chi connectivity index (χ3n) is 5.91. The molecule has 0 bridgehead atoms. The summed E-state index contributed by atoms with van der Waals surface area (Å²) in [7, 11) is 2.10. The lowest BCUT2D eigenvalue weighted by molar-refractivity contribution is -0.123. The normalized spacial score (nSPS) is 21.0. The van der Waals surface area contributed by atoms with Gasteiger partial charge in [-0.05, 0) is 38.3 Å². The van der Waals surface area contributed by atoms with Crippen molar-refractivity contribution in [1.29, 1.82) is 0 Å². The highest BCUT2D eigenvalue weighted by Gasteiger charge is 2.38. The number of rotatable bonds is 6. The van der Waals surface area contributed by atoms with Crippen LogP contribution in [0.25, 0.3) is 0 Å². The van der Waals surface area contributed by atoms with Gasteiger partial charge < -0.3 is 5.32 Å². The topological polar surface area (TPSA) is 32.3 Å². The Bertz CT molecular complexity index is 504. The Morgan fingerprint density at radius 1 is 1.13 bits per heavy atom. The van der Waals surface area contributed by atoms with Gasteiger partial charge >= 0.3 is 0 Å². The smallest absolute Gasteiger partial charge is 0.234 e. The second kappa shape index (κ2) is 7.48. The molecule has 0 spiro atoms. The van der Waals surface area contributed by atoms with E-state index in [9.17, 15) is 4.79 Å². The third-order valence-corrected chi connectivity index (χ3v) is 5.91. The van der Waals surface area contributed by atoms with Gasteiger partial charge in [0.05, 0.1) is 6.54 Å². The summed E-state index contributed by atoms with van der Waals surface area (Å²) in [6, 6.07) is 11.3. The molecule has 0 radical (unpaired) electrons. The molecule has 126 valence electrons. The first kappa shape index (κ1) is 16.5. The molecule has 3 rings (SSSR count). The standard InChI is InChI=1S/C20H30N2O/c1-22(18-11-6-3-7-12-18)15-19(23)21-16-20(13-8-14-20)17-9-4-2-5-10-17/h2,4-5,9-10,18H,3,6-8,11-16H2,1H3,(H,21,23). The zero-order chi connectivity index (χ0) is 16.1. The Kier molecular flexibility index (Phi) is 5.37. The van der Waals surface area contributed by atoms with Crippen LogP contribution >= 0.6 is 0 Å². The third kappa shape index (κ3) is 3.95. The predicted octanol–water partition coefficient (Wildman–Crippen LogP) is 3.49. The first-order valence-electron chi connectivity index (χ1n) is 9.22. The molecular weight excluding hydrogens is 284 g/mol. The molecule has 0 aromatic heterocycles. The Morgan fingerprint density at radius 3 is 2.43 bits per heavy atom. The number of benzene rings is 1. The van der Waals surface area contributed by atoms with E-state index in [2.05, 4.69) is 47.6 Å². The Labute approximate surface area is 140 Å². The monoisotopic (exact) mass is 314 g/mol. The molecule has 0 atom stereocenters. The molecule has 2 aliphatic rings. The van der Waals surface area contributed by atoms with Crippen LogP contribution in [0.2, 0.25) is 0 Å². The van der Waals surface area contributed by atoms with Crippen LogP contribution in [-0.4, -0.2) is 37.0 Å². The molecule has 23 heavy (non-hydrogen) atoms. The lowest BCUT2D eigenvalue weighted by Gasteiger charge is -2.42. The highest BCUT2D eigenvalue weighted by molar-refractivity contribution is 5.78. The maximum absolute atomic E-state index is 12.4. The van der Waals surface area contributed by atoms with E-state index in [4.69, 9.17) is 0 Å². The van der Waals surface area contributed by atoms with Gasteiger partial charge in [0.15, 0.2) is 0 Å². The van der Waals surface area contributed by atoms with Gasteiger partial charge in [0.2, 0.25) is 5.91 Å². The molecule has 1 N–H and O–H groups in total. The molecule has 0 aliphatic heterocycles. The fraction of sp³-hybridized carbons (Fsp3) is 0.650. The molecule has 2 saturated carbocycles. The maximum Gasteiger partial charge on any atom is 0.234 e. The van der Waals surface area contributed by atoms with Gasteiger partial charge in [-0.2, -0.15) is 0 Å². The van der Waals surface area contributed by atoms with Crippen LogP contribution in [0.3, 0.4) is 0 Å². The van der Waals surface area contributed by atoms with Crippen molar-refractivity contribution in [1.82, 2.24) is 10.2 Å². The van der Waals surface area contributed by atoms with E-state index < -0.39 is 0 Å². The van der Waals surface area contributed by atoms with E-state index in [-0.39, 0.29) is 11.3 Å². The van der Waals surface area contributed by atoms with Gasteiger partial charge in [-0.15, -0.1) is 0 Å². The Morgan fingerprint density at radius 2 is 1.83 bits per heavy atom. The van der Waals surface area contributed by atoms with Gasteiger partial charge in [-0.3, -0.25) is 9.69 Å². The summed E-state index contributed by atoms with van der Waals surface area (Å²) in [6.07, 6.45) is 10.1. The van der Waals surface area contributed by atoms with E-state index in [1.54, 1.807) is 0 Å². The average molecular weight is 314 g/mol. The summed E-state index contributed by atoms with van der Waals surface area (Å²) in [5.41, 5.74) is 1.56. The molecule has 1 amide bonds. The van der Waals surface area contributed by atoms with Crippen molar-refractivity contribution in [2.45, 2.75) is 62.8 Å². The largest absolute Gasteiger partial charge is 0.354 e. The maximum atomic E-state index is 12.4. The number of carbonyl (C=O) groups excluding carboxylic acids is 1. The second-order valence-electron chi connectivity index (χ2n) is 7.48. The zero-order valence-electron chi connectivity index (χ0n) is 14.4. The minimum absolute atomic E-state index is 0.181. The summed E-state index contributed by atoms with van der Waals surface area (Å²) >= 11 is 0. The number of nitrogens with one attached hydrogen (secondary N) is 1. The lowest BCUT2D eigenvalue weighted by Crippen LogP contribution is -2.48. The molecule has 0 unspecified atom stereocenters. The van der Waals surface area contributed by atoms with Gasteiger partial charge in [-0.25, -0.2) is 0 Å². The van der Waals surface area contributed by atoms with Crippen LogP contribution in [0.15, 0.2) is 30.3 Å². The van der Waals surface area contributed by atoms with E-state index in [0.717, 1.165) is 6.54 Å². The minimum Gasteiger partial charge on any atom is -0.354 e. The van der Waals surface area contributed by atoms with E-state index in [1.807, 2.05) is 0 Å². The summed E-state index contributed by atoms with van der Waals surface area (Å²) in [5.74, 6) is 0.181. The summed E-state index contributed by atoms with van der Waals surface area (Å²) < 4.78 is 0. The molecular formula is C20H30N2O. The van der Waals surface area contributed by atoms with Gasteiger partial charge in [-0.1, -0.05) is 56.0 Å². The van der Waals surface area contributed by atoms with Gasteiger partial charge in [0, 0.05) is 18.0 Å². The van der Waals surface area contributed by atoms with E-state index in [0.29, 0.717) is 12.6 Å². The summed E-state index contributed by atoms with van der Waals surface area (Å²) in [5, 5.41) is 3.21. The van der Waals surface area contributed by atoms with Crippen LogP contribution in [-0.2, 0) is 10.2 Å². The number of carbonyl (C=O) groups is 1. The van der Waals surface area contributed by atoms with E-state index >= 15 is 0 Å². The van der Waals surface area contributed by atoms with Crippen LogP contribution in [0.1, 0.15) is 56.9 Å². The van der Waals surface area contributed by atoms with Crippen molar-refractivity contribution in [2.24, 2.45) is 0 Å². The summed E-state index contributed by atoms with van der Waals surface area (Å²) in [4.78, 5) is 14.6. The molecule has 1 aromatic rings. The van der Waals surface area contributed by atoms with Crippen molar-refractivity contribution in [3.05, 3.63) is 35.9 Å². The predicted molar refractivity (Wildman–Crippen MR) is 94.5 cm³/mol. The first-order chi connectivity index (χ1) is 11.2. The molecule has 1 aromatic carbocycles. The molecule has 3 nitrogen and oxygen atoms in total. The van der Waals surface area contributed by atoms with Crippen molar-refractivity contribution in [3.8, 4) is 0 Å².